The molecule has 10 heteroatoms. The van der Waals surface area contributed by atoms with Gasteiger partial charge in [0.15, 0.2) is 23.3 Å². The Kier molecular flexibility index (Phi) is 3.75. The highest BCUT2D eigenvalue weighted by Crippen LogP contribution is 2.46. The Morgan fingerprint density at radius 3 is 0.944 bits per heavy atom. The first-order valence-electron chi connectivity index (χ1n) is 3.89. The van der Waals surface area contributed by atoms with Crippen LogP contribution in [0, 0.1) is 23.3 Å². The lowest BCUT2D eigenvalue weighted by Gasteiger charge is -2.19. The van der Waals surface area contributed by atoms with Gasteiger partial charge in [-0.25, -0.2) is 17.6 Å². The summed E-state index contributed by atoms with van der Waals surface area (Å²) in [6, 6.07) is 0. The number of benzene rings is 1. The number of hydrogen-bond acceptors (Lipinski definition) is 0. The Hall–Kier alpha value is -0.760. The SMILES string of the molecule is Fc1c(F)c(F)c(C(F)(F)Cl)c(C(F)(F)Cl)c1F. The number of rotatable bonds is 2. The topological polar surface area (TPSA) is 0 Å². The molecule has 0 unspecified atom stereocenters. The van der Waals surface area contributed by atoms with E-state index in [4.69, 9.17) is 0 Å². The zero-order valence-corrected chi connectivity index (χ0v) is 9.29. The van der Waals surface area contributed by atoms with Gasteiger partial charge in [-0.05, 0) is 23.2 Å². The van der Waals surface area contributed by atoms with E-state index in [0.29, 0.717) is 0 Å². The third-order valence-corrected chi connectivity index (χ3v) is 2.21. The van der Waals surface area contributed by atoms with Crippen LogP contribution in [0.5, 0.6) is 0 Å². The Bertz CT molecular complexity index is 443. The first kappa shape index (κ1) is 15.3. The van der Waals surface area contributed by atoms with Gasteiger partial charge in [-0.1, -0.05) is 0 Å². The van der Waals surface area contributed by atoms with Gasteiger partial charge in [0, 0.05) is 0 Å². The highest BCUT2D eigenvalue weighted by Gasteiger charge is 2.47. The molecule has 0 saturated heterocycles. The van der Waals surface area contributed by atoms with Crippen LogP contribution in [0.1, 0.15) is 11.1 Å². The molecule has 0 aliphatic rings. The molecule has 0 aliphatic heterocycles. The number of alkyl halides is 6. The summed E-state index contributed by atoms with van der Waals surface area (Å²) in [6.45, 7) is 0. The predicted octanol–water partition coefficient (Wildman–Crippen LogP) is 4.82. The molecule has 0 amide bonds. The van der Waals surface area contributed by atoms with E-state index in [1.165, 1.54) is 0 Å². The highest BCUT2D eigenvalue weighted by atomic mass is 35.5. The largest absolute Gasteiger partial charge is 0.351 e. The van der Waals surface area contributed by atoms with E-state index >= 15 is 0 Å². The van der Waals surface area contributed by atoms with E-state index in [9.17, 15) is 35.1 Å². The molecule has 0 spiro atoms. The van der Waals surface area contributed by atoms with E-state index in [0.717, 1.165) is 0 Å². The molecular formula is C8Cl2F8. The van der Waals surface area contributed by atoms with Crippen LogP contribution < -0.4 is 0 Å². The van der Waals surface area contributed by atoms with Crippen molar-refractivity contribution in [2.24, 2.45) is 0 Å². The molecule has 1 aromatic rings. The van der Waals surface area contributed by atoms with Crippen molar-refractivity contribution >= 4 is 23.2 Å². The van der Waals surface area contributed by atoms with Crippen molar-refractivity contribution in [1.82, 2.24) is 0 Å². The summed E-state index contributed by atoms with van der Waals surface area (Å²) in [5, 5.41) is -9.82. The second-order valence-electron chi connectivity index (χ2n) is 3.00. The smallest absolute Gasteiger partial charge is 0.203 e. The van der Waals surface area contributed by atoms with E-state index in [-0.39, 0.29) is 0 Å². The van der Waals surface area contributed by atoms with Gasteiger partial charge in [0.25, 0.3) is 0 Å². The average molecular weight is 319 g/mol. The Balaban J connectivity index is 3.89. The number of hydrogen-bond donors (Lipinski definition) is 0. The third-order valence-electron chi connectivity index (χ3n) is 1.83. The second-order valence-corrected chi connectivity index (χ2v) is 3.95. The van der Waals surface area contributed by atoms with Crippen molar-refractivity contribution in [2.45, 2.75) is 10.8 Å². The van der Waals surface area contributed by atoms with Crippen molar-refractivity contribution in [1.29, 1.82) is 0 Å². The van der Waals surface area contributed by atoms with Crippen LogP contribution in [0.15, 0.2) is 0 Å². The number of halogens is 10. The molecule has 0 radical (unpaired) electrons. The van der Waals surface area contributed by atoms with Crippen LogP contribution in [-0.2, 0) is 10.8 Å². The van der Waals surface area contributed by atoms with Crippen LogP contribution in [0.3, 0.4) is 0 Å². The van der Waals surface area contributed by atoms with Crippen LogP contribution in [0.2, 0.25) is 0 Å². The Morgan fingerprint density at radius 1 is 0.556 bits per heavy atom. The fraction of sp³-hybridized carbons (Fsp3) is 0.250. The Morgan fingerprint density at radius 2 is 0.778 bits per heavy atom. The summed E-state index contributed by atoms with van der Waals surface area (Å²) < 4.78 is 102. The summed E-state index contributed by atoms with van der Waals surface area (Å²) in [5.41, 5.74) is -5.11. The lowest BCUT2D eigenvalue weighted by atomic mass is 10.1. The van der Waals surface area contributed by atoms with Crippen molar-refractivity contribution in [3.63, 3.8) is 0 Å². The van der Waals surface area contributed by atoms with E-state index in [1.807, 2.05) is 0 Å². The quantitative estimate of drug-likeness (QED) is 0.317. The van der Waals surface area contributed by atoms with Gasteiger partial charge in [-0.2, -0.15) is 17.6 Å². The molecule has 0 heterocycles. The minimum atomic E-state index is -4.91. The molecule has 0 bridgehead atoms. The van der Waals surface area contributed by atoms with Gasteiger partial charge >= 0.3 is 10.8 Å². The summed E-state index contributed by atoms with van der Waals surface area (Å²) in [5.74, 6) is -10.9. The fourth-order valence-electron chi connectivity index (χ4n) is 1.16. The zero-order chi connectivity index (χ0) is 14.5. The minimum absolute atomic E-state index is 2.56. The highest BCUT2D eigenvalue weighted by molar-refractivity contribution is 6.23. The first-order chi connectivity index (χ1) is 7.89. The zero-order valence-electron chi connectivity index (χ0n) is 7.78. The van der Waals surface area contributed by atoms with Gasteiger partial charge in [-0.3, -0.25) is 0 Å². The van der Waals surface area contributed by atoms with E-state index in [1.54, 1.807) is 0 Å². The molecule has 0 atom stereocenters. The van der Waals surface area contributed by atoms with Crippen LogP contribution in [0.25, 0.3) is 0 Å². The molecule has 0 aromatic heterocycles. The van der Waals surface area contributed by atoms with Gasteiger partial charge in [0.1, 0.15) is 0 Å². The minimum Gasteiger partial charge on any atom is -0.203 e. The summed E-state index contributed by atoms with van der Waals surface area (Å²) >= 11 is 8.50. The molecule has 0 nitrogen and oxygen atoms in total. The normalized spacial score (nSPS) is 13.0. The molecular weight excluding hydrogens is 319 g/mol. The van der Waals surface area contributed by atoms with Crippen molar-refractivity contribution < 1.29 is 35.1 Å². The van der Waals surface area contributed by atoms with Crippen LogP contribution in [0.4, 0.5) is 35.1 Å². The third kappa shape index (κ3) is 2.49. The summed E-state index contributed by atoms with van der Waals surface area (Å²) in [4.78, 5) is 0. The molecule has 18 heavy (non-hydrogen) atoms. The van der Waals surface area contributed by atoms with E-state index < -0.39 is 45.2 Å². The monoisotopic (exact) mass is 318 g/mol. The average Bonchev–Trinajstić information content (AvgIpc) is 2.16. The maximum Gasteiger partial charge on any atom is 0.351 e. The summed E-state index contributed by atoms with van der Waals surface area (Å²) in [7, 11) is 0. The molecule has 1 rings (SSSR count). The molecule has 1 aromatic carbocycles. The Labute approximate surface area is 104 Å². The van der Waals surface area contributed by atoms with Crippen LogP contribution in [-0.4, -0.2) is 0 Å². The van der Waals surface area contributed by atoms with Gasteiger partial charge in [-0.15, -0.1) is 0 Å². The first-order valence-corrected chi connectivity index (χ1v) is 4.65. The maximum atomic E-state index is 13.0. The van der Waals surface area contributed by atoms with Crippen molar-refractivity contribution in [3.05, 3.63) is 34.4 Å². The lowest BCUT2D eigenvalue weighted by Crippen LogP contribution is -2.22. The maximum absolute atomic E-state index is 13.0. The molecule has 102 valence electrons. The van der Waals surface area contributed by atoms with Gasteiger partial charge in [0.2, 0.25) is 0 Å². The molecule has 0 saturated carbocycles. The van der Waals surface area contributed by atoms with Crippen molar-refractivity contribution in [2.75, 3.05) is 0 Å². The molecule has 0 fully saturated rings. The molecule has 0 aliphatic carbocycles. The standard InChI is InChI=1S/C8Cl2F8/c9-7(15,16)1-2(8(10,17)18)4(12)6(14)5(13)3(1)11. The van der Waals surface area contributed by atoms with Crippen LogP contribution >= 0.6 is 23.2 Å². The van der Waals surface area contributed by atoms with E-state index in [2.05, 4.69) is 23.2 Å². The second kappa shape index (κ2) is 4.41. The van der Waals surface area contributed by atoms with Gasteiger partial charge < -0.3 is 0 Å². The summed E-state index contributed by atoms with van der Waals surface area (Å²) in [6.07, 6.45) is 0. The molecule has 0 N–H and O–H groups in total. The van der Waals surface area contributed by atoms with Gasteiger partial charge in [0.05, 0.1) is 11.1 Å². The lowest BCUT2D eigenvalue weighted by molar-refractivity contribution is 0.0582. The van der Waals surface area contributed by atoms with Crippen molar-refractivity contribution in [3.8, 4) is 0 Å². The predicted molar refractivity (Wildman–Crippen MR) is 45.8 cm³/mol. The fourth-order valence-corrected chi connectivity index (χ4v) is 1.52.